The number of carbonyl (C=O) groups excluding carboxylic acids is 1. The zero-order valence-electron chi connectivity index (χ0n) is 9.00. The number of aryl methyl sites for hydroxylation is 1. The monoisotopic (exact) mass is 193 g/mol. The highest BCUT2D eigenvalue weighted by molar-refractivity contribution is 5.92. The average Bonchev–Trinajstić information content (AvgIpc) is 2.07. The van der Waals surface area contributed by atoms with Crippen molar-refractivity contribution in [1.29, 1.82) is 0 Å². The summed E-state index contributed by atoms with van der Waals surface area (Å²) in [6.07, 6.45) is 0.124. The lowest BCUT2D eigenvalue weighted by atomic mass is 10.2. The van der Waals surface area contributed by atoms with Gasteiger partial charge in [0.2, 0.25) is 0 Å². The fourth-order valence-electron chi connectivity index (χ4n) is 1.12. The minimum absolute atomic E-state index is 0.0239. The number of hydrogen-bond acceptors (Lipinski definition) is 3. The highest BCUT2D eigenvalue weighted by Crippen LogP contribution is 2.17. The molecule has 0 amide bonds. The number of hydrogen-bond donors (Lipinski definition) is 0. The van der Waals surface area contributed by atoms with Crippen LogP contribution >= 0.6 is 0 Å². The number of Topliss-reactive ketones (excluding diaryl/α,β-unsaturated/α-hetero) is 1. The predicted octanol–water partition coefficient (Wildman–Crippen LogP) is 2.38. The predicted molar refractivity (Wildman–Crippen MR) is 54.7 cm³/mol. The molecule has 0 bridgehead atoms. The molecule has 0 aliphatic rings. The second kappa shape index (κ2) is 4.22. The van der Waals surface area contributed by atoms with Gasteiger partial charge in [-0.1, -0.05) is 0 Å². The van der Waals surface area contributed by atoms with Gasteiger partial charge in [-0.2, -0.15) is 0 Å². The van der Waals surface area contributed by atoms with Crippen molar-refractivity contribution in [2.24, 2.45) is 0 Å². The van der Waals surface area contributed by atoms with Crippen molar-refractivity contribution < 1.29 is 9.53 Å². The van der Waals surface area contributed by atoms with Crippen LogP contribution in [0.3, 0.4) is 0 Å². The fourth-order valence-corrected chi connectivity index (χ4v) is 1.12. The van der Waals surface area contributed by atoms with E-state index in [9.17, 15) is 4.79 Å². The molecule has 1 aromatic rings. The molecule has 3 nitrogen and oxygen atoms in total. The minimum Gasteiger partial charge on any atom is -0.489 e. The van der Waals surface area contributed by atoms with Gasteiger partial charge in [0.15, 0.2) is 5.78 Å². The van der Waals surface area contributed by atoms with Gasteiger partial charge < -0.3 is 4.74 Å². The Bertz CT molecular complexity index is 345. The Balaban J connectivity index is 2.95. The quantitative estimate of drug-likeness (QED) is 0.692. The maximum absolute atomic E-state index is 11.0. The Morgan fingerprint density at radius 1 is 1.43 bits per heavy atom. The molecular weight excluding hydrogens is 178 g/mol. The summed E-state index contributed by atoms with van der Waals surface area (Å²) < 4.78 is 5.51. The molecule has 3 heteroatoms. The average molecular weight is 193 g/mol. The summed E-state index contributed by atoms with van der Waals surface area (Å²) >= 11 is 0. The first-order chi connectivity index (χ1) is 6.50. The largest absolute Gasteiger partial charge is 0.489 e. The van der Waals surface area contributed by atoms with Crippen molar-refractivity contribution >= 4 is 5.78 Å². The molecule has 1 rings (SSSR count). The maximum atomic E-state index is 11.0. The van der Waals surface area contributed by atoms with E-state index in [-0.39, 0.29) is 11.9 Å². The molecule has 1 aromatic heterocycles. The first-order valence-corrected chi connectivity index (χ1v) is 4.66. The Morgan fingerprint density at radius 3 is 2.50 bits per heavy atom. The molecule has 0 N–H and O–H groups in total. The highest BCUT2D eigenvalue weighted by Gasteiger charge is 2.06. The van der Waals surface area contributed by atoms with Gasteiger partial charge in [0.25, 0.3) is 0 Å². The number of ketones is 1. The molecule has 0 radical (unpaired) electrons. The van der Waals surface area contributed by atoms with Gasteiger partial charge in [0, 0.05) is 6.92 Å². The molecule has 0 saturated heterocycles. The molecule has 0 aliphatic carbocycles. The fraction of sp³-hybridized carbons (Fsp3) is 0.455. The summed E-state index contributed by atoms with van der Waals surface area (Å²) in [6.45, 7) is 7.26. The molecule has 76 valence electrons. The van der Waals surface area contributed by atoms with Crippen molar-refractivity contribution in [2.45, 2.75) is 33.8 Å². The van der Waals surface area contributed by atoms with Crippen molar-refractivity contribution in [3.8, 4) is 5.75 Å². The third-order valence-corrected chi connectivity index (χ3v) is 1.76. The number of aromatic nitrogens is 1. The van der Waals surface area contributed by atoms with Crippen molar-refractivity contribution in [3.63, 3.8) is 0 Å². The molecule has 0 fully saturated rings. The Labute approximate surface area is 84.1 Å². The molecule has 0 spiro atoms. The lowest BCUT2D eigenvalue weighted by molar-refractivity contribution is 0.101. The van der Waals surface area contributed by atoms with Crippen molar-refractivity contribution in [2.75, 3.05) is 0 Å². The summed E-state index contributed by atoms with van der Waals surface area (Å²) in [5, 5.41) is 0. The summed E-state index contributed by atoms with van der Waals surface area (Å²) in [4.78, 5) is 15.2. The van der Waals surface area contributed by atoms with E-state index in [0.717, 1.165) is 11.4 Å². The van der Waals surface area contributed by atoms with Crippen LogP contribution < -0.4 is 4.74 Å². The van der Waals surface area contributed by atoms with E-state index < -0.39 is 0 Å². The van der Waals surface area contributed by atoms with Crippen LogP contribution in [0.4, 0.5) is 0 Å². The first kappa shape index (κ1) is 10.7. The molecule has 0 unspecified atom stereocenters. The molecule has 0 atom stereocenters. The first-order valence-electron chi connectivity index (χ1n) is 4.66. The van der Waals surface area contributed by atoms with E-state index in [1.807, 2.05) is 20.8 Å². The molecule has 0 saturated carbocycles. The van der Waals surface area contributed by atoms with Crippen molar-refractivity contribution in [1.82, 2.24) is 4.98 Å². The van der Waals surface area contributed by atoms with E-state index in [4.69, 9.17) is 4.74 Å². The second-order valence-corrected chi connectivity index (χ2v) is 3.50. The van der Waals surface area contributed by atoms with Gasteiger partial charge in [-0.3, -0.25) is 4.79 Å². The van der Waals surface area contributed by atoms with Gasteiger partial charge in [-0.15, -0.1) is 0 Å². The van der Waals surface area contributed by atoms with Gasteiger partial charge in [0.1, 0.15) is 11.4 Å². The van der Waals surface area contributed by atoms with Crippen molar-refractivity contribution in [3.05, 3.63) is 23.5 Å². The van der Waals surface area contributed by atoms with Crippen LogP contribution in [0, 0.1) is 6.92 Å². The van der Waals surface area contributed by atoms with E-state index in [1.165, 1.54) is 6.92 Å². The number of rotatable bonds is 3. The number of ether oxygens (including phenoxy) is 1. The van der Waals surface area contributed by atoms with Gasteiger partial charge >= 0.3 is 0 Å². The van der Waals surface area contributed by atoms with Gasteiger partial charge in [-0.05, 0) is 32.9 Å². The van der Waals surface area contributed by atoms with Crippen LogP contribution in [0.15, 0.2) is 12.1 Å². The van der Waals surface area contributed by atoms with Gasteiger partial charge in [-0.25, -0.2) is 4.98 Å². The standard InChI is InChI=1S/C11H15NO2/c1-7(2)14-11-6-5-10(9(4)13)12-8(11)3/h5-7H,1-4H3. The SMILES string of the molecule is CC(=O)c1ccc(OC(C)C)c(C)n1. The third kappa shape index (κ3) is 2.55. The van der Waals surface area contributed by atoms with Crippen LogP contribution in [0.2, 0.25) is 0 Å². The Morgan fingerprint density at radius 2 is 2.07 bits per heavy atom. The third-order valence-electron chi connectivity index (χ3n) is 1.76. The highest BCUT2D eigenvalue weighted by atomic mass is 16.5. The molecule has 0 aromatic carbocycles. The summed E-state index contributed by atoms with van der Waals surface area (Å²) in [6, 6.07) is 3.48. The molecule has 14 heavy (non-hydrogen) atoms. The smallest absolute Gasteiger partial charge is 0.178 e. The molecule has 1 heterocycles. The van der Waals surface area contributed by atoms with E-state index >= 15 is 0 Å². The number of nitrogens with zero attached hydrogens (tertiary/aromatic N) is 1. The van der Waals surface area contributed by atoms with Gasteiger partial charge in [0.05, 0.1) is 11.8 Å². The Kier molecular flexibility index (Phi) is 3.23. The van der Waals surface area contributed by atoms with E-state index in [0.29, 0.717) is 5.69 Å². The topological polar surface area (TPSA) is 39.2 Å². The van der Waals surface area contributed by atoms with Crippen LogP contribution in [0.5, 0.6) is 5.75 Å². The zero-order chi connectivity index (χ0) is 10.7. The van der Waals surface area contributed by atoms with Crippen LogP contribution in [-0.4, -0.2) is 16.9 Å². The van der Waals surface area contributed by atoms with Crippen LogP contribution in [0.25, 0.3) is 0 Å². The molecule has 0 aliphatic heterocycles. The van der Waals surface area contributed by atoms with Crippen LogP contribution in [-0.2, 0) is 0 Å². The zero-order valence-corrected chi connectivity index (χ0v) is 9.00. The lowest BCUT2D eigenvalue weighted by Crippen LogP contribution is -2.08. The van der Waals surface area contributed by atoms with E-state index in [2.05, 4.69) is 4.98 Å². The Hall–Kier alpha value is -1.38. The maximum Gasteiger partial charge on any atom is 0.178 e. The summed E-state index contributed by atoms with van der Waals surface area (Å²) in [5.74, 6) is 0.717. The number of pyridine rings is 1. The molecular formula is C11H15NO2. The van der Waals surface area contributed by atoms with Crippen LogP contribution in [0.1, 0.15) is 37.0 Å². The minimum atomic E-state index is -0.0239. The second-order valence-electron chi connectivity index (χ2n) is 3.50. The number of carbonyl (C=O) groups is 1. The lowest BCUT2D eigenvalue weighted by Gasteiger charge is -2.11. The summed E-state index contributed by atoms with van der Waals surface area (Å²) in [7, 11) is 0. The normalized spacial score (nSPS) is 10.4. The van der Waals surface area contributed by atoms with E-state index in [1.54, 1.807) is 12.1 Å². The summed E-state index contributed by atoms with van der Waals surface area (Å²) in [5.41, 5.74) is 1.24.